The average Bonchev–Trinajstić information content (AvgIpc) is 2.58. The lowest BCUT2D eigenvalue weighted by atomic mass is 10.2. The fraction of sp³-hybridized carbons (Fsp3) is 0.125. The number of aromatic amines is 1. The highest BCUT2D eigenvalue weighted by Crippen LogP contribution is 2.28. The van der Waals surface area contributed by atoms with Crippen LogP contribution in [0.25, 0.3) is 0 Å². The van der Waals surface area contributed by atoms with Crippen LogP contribution in [0.5, 0.6) is 0 Å². The van der Waals surface area contributed by atoms with E-state index in [1.807, 2.05) is 12.1 Å². The van der Waals surface area contributed by atoms with E-state index in [2.05, 4.69) is 10.3 Å². The number of nitrogens with zero attached hydrogens (tertiary/aromatic N) is 2. The summed E-state index contributed by atoms with van der Waals surface area (Å²) in [6.07, 6.45) is 0. The van der Waals surface area contributed by atoms with E-state index in [9.17, 15) is 10.1 Å². The van der Waals surface area contributed by atoms with Crippen LogP contribution in [0.1, 0.15) is 18.1 Å². The van der Waals surface area contributed by atoms with Crippen molar-refractivity contribution in [2.24, 2.45) is 0 Å². The molecule has 0 unspecified atom stereocenters. The van der Waals surface area contributed by atoms with Gasteiger partial charge in [-0.2, -0.15) is 10.5 Å². The van der Waals surface area contributed by atoms with Crippen molar-refractivity contribution in [2.75, 3.05) is 11.1 Å². The summed E-state index contributed by atoms with van der Waals surface area (Å²) in [4.78, 5) is 15.2. The van der Waals surface area contributed by atoms with E-state index in [0.717, 1.165) is 11.8 Å². The Bertz CT molecular complexity index is 920. The molecule has 0 fully saturated rings. The van der Waals surface area contributed by atoms with Crippen molar-refractivity contribution in [3.8, 4) is 12.1 Å². The molecule has 0 bridgehead atoms. The second-order valence-corrected chi connectivity index (χ2v) is 7.13. The van der Waals surface area contributed by atoms with Gasteiger partial charge in [0.15, 0.2) is 5.03 Å². The zero-order valence-corrected chi connectivity index (χ0v) is 15.3. The van der Waals surface area contributed by atoms with Crippen molar-refractivity contribution in [3.63, 3.8) is 0 Å². The number of thioether (sulfide) groups is 1. The van der Waals surface area contributed by atoms with E-state index >= 15 is 0 Å². The van der Waals surface area contributed by atoms with E-state index in [4.69, 9.17) is 34.2 Å². The summed E-state index contributed by atoms with van der Waals surface area (Å²) in [5.41, 5.74) is 6.54. The summed E-state index contributed by atoms with van der Waals surface area (Å²) < 4.78 is 0. The first-order chi connectivity index (χ1) is 11.8. The van der Waals surface area contributed by atoms with Gasteiger partial charge < -0.3 is 5.32 Å². The molecule has 1 aromatic heterocycles. The van der Waals surface area contributed by atoms with Gasteiger partial charge >= 0.3 is 0 Å². The lowest BCUT2D eigenvalue weighted by molar-refractivity contribution is -0.410. The minimum Gasteiger partial charge on any atom is -0.324 e. The molecule has 0 radical (unpaired) electrons. The maximum absolute atomic E-state index is 12.4. The van der Waals surface area contributed by atoms with Crippen LogP contribution in [-0.2, 0) is 4.79 Å². The van der Waals surface area contributed by atoms with Crippen LogP contribution in [0.15, 0.2) is 29.3 Å². The third-order valence-corrected chi connectivity index (χ3v) is 4.85. The lowest BCUT2D eigenvalue weighted by Crippen LogP contribution is -2.25. The van der Waals surface area contributed by atoms with Crippen LogP contribution >= 0.6 is 35.0 Å². The van der Waals surface area contributed by atoms with E-state index in [0.29, 0.717) is 20.8 Å². The van der Waals surface area contributed by atoms with Gasteiger partial charge in [0, 0.05) is 5.02 Å². The van der Waals surface area contributed by atoms with Crippen molar-refractivity contribution >= 4 is 52.4 Å². The molecule has 1 amide bonds. The molecule has 126 valence electrons. The standard InChI is InChI=1S/C16H11Cl2N5OS/c1-8(15(24)22-13-5-11(17)2-3-12(13)18)25-16-10(7-20)4-9(6-19)14(21)23-16/h2-5,8H,1H3,(H2,21,23)(H,22,24)/p+1/t8-/m0/s1. The number of H-pyrrole nitrogens is 1. The Hall–Kier alpha value is -2.45. The van der Waals surface area contributed by atoms with Crippen LogP contribution in [0, 0.1) is 22.7 Å². The van der Waals surface area contributed by atoms with Crippen molar-refractivity contribution < 1.29 is 9.78 Å². The first-order valence-corrected chi connectivity index (χ1v) is 8.57. The van der Waals surface area contributed by atoms with Crippen molar-refractivity contribution in [1.29, 1.82) is 10.5 Å². The molecule has 2 rings (SSSR count). The highest BCUT2D eigenvalue weighted by Gasteiger charge is 2.22. The Morgan fingerprint density at radius 3 is 2.60 bits per heavy atom. The smallest absolute Gasteiger partial charge is 0.289 e. The van der Waals surface area contributed by atoms with Crippen molar-refractivity contribution in [3.05, 3.63) is 45.4 Å². The molecule has 0 spiro atoms. The number of hydrogen-bond donors (Lipinski definition) is 2. The molecule has 9 heteroatoms. The van der Waals surface area contributed by atoms with Gasteiger partial charge in [0.1, 0.15) is 23.3 Å². The number of nitrogen functional groups attached to an aromatic ring is 1. The molecule has 0 aliphatic heterocycles. The molecule has 0 saturated heterocycles. The fourth-order valence-corrected chi connectivity index (χ4v) is 3.13. The zero-order valence-electron chi connectivity index (χ0n) is 12.9. The maximum atomic E-state index is 12.4. The Kier molecular flexibility index (Phi) is 6.11. The Balaban J connectivity index is 2.19. The van der Waals surface area contributed by atoms with Crippen LogP contribution < -0.4 is 16.0 Å². The van der Waals surface area contributed by atoms with E-state index in [-0.39, 0.29) is 22.9 Å². The van der Waals surface area contributed by atoms with Crippen LogP contribution in [0.2, 0.25) is 10.0 Å². The van der Waals surface area contributed by atoms with Gasteiger partial charge in [-0.25, -0.2) is 4.98 Å². The first kappa shape index (κ1) is 18.9. The molecule has 1 heterocycles. The summed E-state index contributed by atoms with van der Waals surface area (Å²) in [5.74, 6) is -0.191. The van der Waals surface area contributed by atoms with Gasteiger partial charge in [0.2, 0.25) is 5.91 Å². The molecule has 25 heavy (non-hydrogen) atoms. The third-order valence-electron chi connectivity index (χ3n) is 3.16. The fourth-order valence-electron chi connectivity index (χ4n) is 1.87. The number of nitrogens with one attached hydrogen (secondary N) is 2. The predicted octanol–water partition coefficient (Wildman–Crippen LogP) is 3.25. The zero-order chi connectivity index (χ0) is 18.6. The van der Waals surface area contributed by atoms with Crippen molar-refractivity contribution in [2.45, 2.75) is 17.2 Å². The van der Waals surface area contributed by atoms with E-state index < -0.39 is 5.25 Å². The molecule has 2 aromatic rings. The molecule has 4 N–H and O–H groups in total. The summed E-state index contributed by atoms with van der Waals surface area (Å²) in [5, 5.41) is 21.5. The Morgan fingerprint density at radius 1 is 1.28 bits per heavy atom. The molecule has 1 atom stereocenters. The first-order valence-electron chi connectivity index (χ1n) is 6.94. The molecular formula is C16H12Cl2N5OS+. The minimum absolute atomic E-state index is 0.134. The predicted molar refractivity (Wildman–Crippen MR) is 97.3 cm³/mol. The number of anilines is 2. The van der Waals surface area contributed by atoms with E-state index in [1.165, 1.54) is 6.07 Å². The normalized spacial score (nSPS) is 11.2. The molecule has 6 nitrogen and oxygen atoms in total. The van der Waals surface area contributed by atoms with Gasteiger partial charge in [0.05, 0.1) is 16.0 Å². The van der Waals surface area contributed by atoms with Crippen LogP contribution in [-0.4, -0.2) is 11.2 Å². The number of nitrogens with two attached hydrogens (primary N) is 1. The number of halogens is 2. The molecule has 0 aliphatic rings. The monoisotopic (exact) mass is 392 g/mol. The highest BCUT2D eigenvalue weighted by molar-refractivity contribution is 8.00. The Labute approximate surface area is 158 Å². The SMILES string of the molecule is C[C@H](Sc1[nH+]c(N)c(C#N)cc1C#N)C(=O)Nc1cc(Cl)ccc1Cl. The maximum Gasteiger partial charge on any atom is 0.289 e. The van der Waals surface area contributed by atoms with Crippen LogP contribution in [0.4, 0.5) is 11.5 Å². The van der Waals surface area contributed by atoms with E-state index in [1.54, 1.807) is 25.1 Å². The quantitative estimate of drug-likeness (QED) is 0.774. The summed E-state index contributed by atoms with van der Waals surface area (Å²) >= 11 is 13.0. The number of aromatic nitrogens is 1. The van der Waals surface area contributed by atoms with Crippen LogP contribution in [0.3, 0.4) is 0 Å². The number of pyridine rings is 1. The lowest BCUT2D eigenvalue weighted by Gasteiger charge is -2.12. The second-order valence-electron chi connectivity index (χ2n) is 4.94. The summed E-state index contributed by atoms with van der Waals surface area (Å²) in [6.45, 7) is 1.67. The summed E-state index contributed by atoms with van der Waals surface area (Å²) in [6, 6.07) is 10.0. The minimum atomic E-state index is -0.564. The number of benzene rings is 1. The molecule has 0 aliphatic carbocycles. The largest absolute Gasteiger partial charge is 0.324 e. The number of carbonyl (C=O) groups is 1. The molecule has 0 saturated carbocycles. The number of hydrogen-bond acceptors (Lipinski definition) is 5. The second kappa shape index (κ2) is 8.09. The van der Waals surface area contributed by atoms with Gasteiger partial charge in [0.25, 0.3) is 5.82 Å². The number of amides is 1. The third kappa shape index (κ3) is 4.55. The molecular weight excluding hydrogens is 381 g/mol. The number of rotatable bonds is 4. The highest BCUT2D eigenvalue weighted by atomic mass is 35.5. The van der Waals surface area contributed by atoms with Crippen molar-refractivity contribution in [1.82, 2.24) is 0 Å². The van der Waals surface area contributed by atoms with Gasteiger partial charge in [-0.05, 0) is 31.2 Å². The molecule has 1 aromatic carbocycles. The Morgan fingerprint density at radius 2 is 1.96 bits per heavy atom. The average molecular weight is 393 g/mol. The number of nitriles is 2. The number of carbonyl (C=O) groups excluding carboxylic acids is 1. The van der Waals surface area contributed by atoms with Gasteiger partial charge in [-0.15, -0.1) is 0 Å². The topological polar surface area (TPSA) is 117 Å². The van der Waals surface area contributed by atoms with Gasteiger partial charge in [-0.3, -0.25) is 10.5 Å². The summed E-state index contributed by atoms with van der Waals surface area (Å²) in [7, 11) is 0. The van der Waals surface area contributed by atoms with Gasteiger partial charge in [-0.1, -0.05) is 35.0 Å².